The van der Waals surface area contributed by atoms with E-state index in [4.69, 9.17) is 40.7 Å². The normalized spacial score (nSPS) is 44.9. The number of aliphatic hydroxyl groups excluding tert-OH is 6. The Kier molecular flexibility index (Phi) is 9.40. The van der Waals surface area contributed by atoms with Crippen molar-refractivity contribution in [2.45, 2.75) is 68.2 Å². The Morgan fingerprint density at radius 2 is 1.44 bits per heavy atom. The predicted molar refractivity (Wildman–Crippen MR) is 85.9 cm³/mol. The molecule has 27 heavy (non-hydrogen) atoms. The highest BCUT2D eigenvalue weighted by Crippen LogP contribution is 2.27. The number of rotatable bonds is 4. The Balaban J connectivity index is 0.000000828. The maximum Gasteiger partial charge on any atom is 0.300 e. The lowest BCUT2D eigenvalue weighted by Gasteiger charge is -2.45. The zero-order chi connectivity index (χ0) is 20.9. The second-order valence-electron chi connectivity index (χ2n) is 6.22. The van der Waals surface area contributed by atoms with Crippen LogP contribution in [0.4, 0.5) is 0 Å². The second kappa shape index (κ2) is 10.5. The number of aliphatic hydroxyl groups is 6. The van der Waals surface area contributed by atoms with Crippen molar-refractivity contribution < 1.29 is 54.8 Å². The van der Waals surface area contributed by atoms with E-state index in [9.17, 15) is 25.5 Å². The van der Waals surface area contributed by atoms with E-state index in [1.807, 2.05) is 0 Å². The lowest BCUT2D eigenvalue weighted by Crippen LogP contribution is -2.67. The van der Waals surface area contributed by atoms with Crippen LogP contribution in [-0.4, -0.2) is 116 Å². The average Bonchev–Trinajstić information content (AvgIpc) is 2.61. The minimum Gasteiger partial charge on any atom is -0.481 e. The molecule has 0 saturated carbocycles. The first-order chi connectivity index (χ1) is 12.5. The van der Waals surface area contributed by atoms with E-state index < -0.39 is 80.5 Å². The van der Waals surface area contributed by atoms with Crippen LogP contribution in [0.2, 0.25) is 0 Å². The van der Waals surface area contributed by atoms with Crippen LogP contribution >= 0.6 is 0 Å². The molecule has 160 valence electrons. The van der Waals surface area contributed by atoms with Gasteiger partial charge in [-0.3, -0.25) is 4.79 Å². The summed E-state index contributed by atoms with van der Waals surface area (Å²) in [4.78, 5) is 9.00. The third-order valence-electron chi connectivity index (χ3n) is 4.14. The Bertz CT molecular complexity index is 462. The molecule has 13 nitrogen and oxygen atoms in total. The van der Waals surface area contributed by atoms with E-state index in [2.05, 4.69) is 0 Å². The van der Waals surface area contributed by atoms with Gasteiger partial charge in [-0.2, -0.15) is 0 Å². The van der Waals surface area contributed by atoms with Crippen molar-refractivity contribution in [2.75, 3.05) is 13.2 Å². The number of ether oxygens (including phenoxy) is 3. The minimum atomic E-state index is -1.49. The van der Waals surface area contributed by atoms with Crippen LogP contribution in [-0.2, 0) is 19.0 Å². The van der Waals surface area contributed by atoms with Crippen LogP contribution in [0, 0.1) is 0 Å². The van der Waals surface area contributed by atoms with Crippen LogP contribution < -0.4 is 11.5 Å². The third kappa shape index (κ3) is 6.00. The maximum absolute atomic E-state index is 10.1. The highest BCUT2D eigenvalue weighted by atomic mass is 16.7. The second-order valence-corrected chi connectivity index (χ2v) is 6.22. The van der Waals surface area contributed by atoms with Crippen LogP contribution in [0.15, 0.2) is 0 Å². The summed E-state index contributed by atoms with van der Waals surface area (Å²) in [6, 6.07) is -2.37. The van der Waals surface area contributed by atoms with Crippen molar-refractivity contribution in [3.05, 3.63) is 0 Å². The summed E-state index contributed by atoms with van der Waals surface area (Å²) in [7, 11) is 0. The van der Waals surface area contributed by atoms with Gasteiger partial charge in [0.05, 0.1) is 25.3 Å². The molecule has 2 fully saturated rings. The molecule has 0 spiro atoms. The first kappa shape index (κ1) is 24.1. The fourth-order valence-electron chi connectivity index (χ4n) is 2.65. The Morgan fingerprint density at radius 3 is 1.93 bits per heavy atom. The monoisotopic (exact) mass is 400 g/mol. The van der Waals surface area contributed by atoms with E-state index >= 15 is 0 Å². The van der Waals surface area contributed by atoms with Crippen molar-refractivity contribution in [1.82, 2.24) is 0 Å². The van der Waals surface area contributed by atoms with Gasteiger partial charge in [0.1, 0.15) is 36.6 Å². The third-order valence-corrected chi connectivity index (χ3v) is 4.14. The summed E-state index contributed by atoms with van der Waals surface area (Å²) >= 11 is 0. The number of hydrogen-bond donors (Lipinski definition) is 9. The molecule has 0 aromatic carbocycles. The summed E-state index contributed by atoms with van der Waals surface area (Å²) in [5, 5.41) is 65.1. The summed E-state index contributed by atoms with van der Waals surface area (Å²) in [6.45, 7) is -0.0851. The van der Waals surface area contributed by atoms with Crippen LogP contribution in [0.1, 0.15) is 6.92 Å². The molecule has 0 bridgehead atoms. The van der Waals surface area contributed by atoms with E-state index in [0.717, 1.165) is 6.92 Å². The number of carbonyl (C=O) groups is 1. The number of aliphatic carboxylic acids is 1. The summed E-state index contributed by atoms with van der Waals surface area (Å²) in [5.74, 6) is -0.833. The van der Waals surface area contributed by atoms with Gasteiger partial charge in [-0.1, -0.05) is 0 Å². The van der Waals surface area contributed by atoms with Gasteiger partial charge in [0.2, 0.25) is 0 Å². The molecule has 0 aromatic rings. The average molecular weight is 400 g/mol. The maximum atomic E-state index is 10.1. The van der Waals surface area contributed by atoms with Crippen molar-refractivity contribution in [2.24, 2.45) is 11.5 Å². The summed E-state index contributed by atoms with van der Waals surface area (Å²) in [5.41, 5.74) is 11.3. The van der Waals surface area contributed by atoms with Crippen LogP contribution in [0.5, 0.6) is 0 Å². The van der Waals surface area contributed by atoms with Crippen molar-refractivity contribution >= 4 is 5.97 Å². The van der Waals surface area contributed by atoms with Crippen LogP contribution in [0.25, 0.3) is 0 Å². The van der Waals surface area contributed by atoms with Gasteiger partial charge in [0.15, 0.2) is 12.6 Å². The molecule has 11 N–H and O–H groups in total. The summed E-state index contributed by atoms with van der Waals surface area (Å²) in [6.07, 6.45) is -10.5. The Labute approximate surface area is 154 Å². The molecule has 0 amide bonds. The fraction of sp³-hybridized carbons (Fsp3) is 0.929. The molecule has 2 rings (SSSR count). The number of carboxylic acid groups (broad SMARTS) is 1. The minimum absolute atomic E-state index is 0.581. The summed E-state index contributed by atoms with van der Waals surface area (Å²) < 4.78 is 15.8. The topological polar surface area (TPSA) is 238 Å². The standard InChI is InChI=1S/C12H24N2O9.C2H4O2/c13-5-9(19)10(4(2-16)21-11(5)20)23-12-6(14)8(18)7(17)3(1-15)22-12;1-2(3)4/h3-12,15-20H,1-2,13-14H2;1H3,(H,3,4)/t3-,4-,5-,6-,7-,8-,9-,10-,11?,12+;/m1./s1. The van der Waals surface area contributed by atoms with Gasteiger partial charge in [-0.15, -0.1) is 0 Å². The number of nitrogens with two attached hydrogens (primary N) is 2. The largest absolute Gasteiger partial charge is 0.481 e. The SMILES string of the molecule is CC(=O)O.N[C@H]1[C@H](O[C@H]2[C@H](O)[C@@H](N)C(O)O[C@@H]2CO)O[C@H](CO)[C@@H](O)[C@@H]1O. The van der Waals surface area contributed by atoms with Crippen molar-refractivity contribution in [3.63, 3.8) is 0 Å². The zero-order valence-corrected chi connectivity index (χ0v) is 14.6. The molecule has 2 saturated heterocycles. The first-order valence-corrected chi connectivity index (χ1v) is 8.16. The smallest absolute Gasteiger partial charge is 0.300 e. The van der Waals surface area contributed by atoms with Crippen molar-refractivity contribution in [1.29, 1.82) is 0 Å². The molecule has 13 heteroatoms. The van der Waals surface area contributed by atoms with Gasteiger partial charge in [0.25, 0.3) is 5.97 Å². The lowest BCUT2D eigenvalue weighted by molar-refractivity contribution is -0.324. The fourth-order valence-corrected chi connectivity index (χ4v) is 2.65. The molecule has 2 aliphatic heterocycles. The quantitative estimate of drug-likeness (QED) is 0.214. The first-order valence-electron chi connectivity index (χ1n) is 8.16. The Morgan fingerprint density at radius 1 is 0.926 bits per heavy atom. The molecular weight excluding hydrogens is 372 g/mol. The van der Waals surface area contributed by atoms with E-state index in [1.165, 1.54) is 0 Å². The molecule has 0 aromatic heterocycles. The predicted octanol–water partition coefficient (Wildman–Crippen LogP) is -5.37. The highest BCUT2D eigenvalue weighted by molar-refractivity contribution is 5.62. The molecule has 1 unspecified atom stereocenters. The zero-order valence-electron chi connectivity index (χ0n) is 14.6. The van der Waals surface area contributed by atoms with Gasteiger partial charge < -0.3 is 61.4 Å². The molecular formula is C14H28N2O11. The number of hydrogen-bond acceptors (Lipinski definition) is 12. The van der Waals surface area contributed by atoms with E-state index in [1.54, 1.807) is 0 Å². The van der Waals surface area contributed by atoms with Gasteiger partial charge in [-0.05, 0) is 0 Å². The molecule has 0 radical (unpaired) electrons. The van der Waals surface area contributed by atoms with Gasteiger partial charge in [-0.25, -0.2) is 0 Å². The van der Waals surface area contributed by atoms with Crippen molar-refractivity contribution in [3.8, 4) is 0 Å². The van der Waals surface area contributed by atoms with E-state index in [-0.39, 0.29) is 0 Å². The Hall–Kier alpha value is -0.970. The van der Waals surface area contributed by atoms with E-state index in [0.29, 0.717) is 0 Å². The lowest BCUT2D eigenvalue weighted by atomic mass is 9.95. The van der Waals surface area contributed by atoms with Gasteiger partial charge >= 0.3 is 0 Å². The van der Waals surface area contributed by atoms with Crippen LogP contribution in [0.3, 0.4) is 0 Å². The molecule has 0 aliphatic carbocycles. The molecule has 2 heterocycles. The number of carboxylic acids is 1. The van der Waals surface area contributed by atoms with Gasteiger partial charge in [0, 0.05) is 6.92 Å². The highest BCUT2D eigenvalue weighted by Gasteiger charge is 2.49. The molecule has 2 aliphatic rings. The molecule has 10 atom stereocenters.